The maximum Gasteiger partial charge on any atom is 0.247 e. The Balaban J connectivity index is 1.78. The lowest BCUT2D eigenvalue weighted by molar-refractivity contribution is -0.120. The average Bonchev–Trinajstić information content (AvgIpc) is 2.92. The molecule has 3 aromatic rings. The number of benzene rings is 3. The summed E-state index contributed by atoms with van der Waals surface area (Å²) in [4.78, 5) is 15.1. The van der Waals surface area contributed by atoms with Gasteiger partial charge in [0.1, 0.15) is 10.6 Å². The van der Waals surface area contributed by atoms with Crippen LogP contribution in [0, 0.1) is 5.82 Å². The summed E-state index contributed by atoms with van der Waals surface area (Å²) in [5.41, 5.74) is 3.58. The second-order valence-corrected chi connectivity index (χ2v) is 8.03. The van der Waals surface area contributed by atoms with Gasteiger partial charge in [-0.15, -0.1) is 11.8 Å². The summed E-state index contributed by atoms with van der Waals surface area (Å²) < 4.78 is 13.6. The maximum absolute atomic E-state index is 14.4. The fourth-order valence-corrected chi connectivity index (χ4v) is 5.11. The normalized spacial score (nSPS) is 18.6. The fourth-order valence-electron chi connectivity index (χ4n) is 3.66. The number of para-hydroxylation sites is 1. The Morgan fingerprint density at radius 3 is 2.37 bits per heavy atom. The van der Waals surface area contributed by atoms with Crippen molar-refractivity contribution in [1.29, 1.82) is 0 Å². The highest BCUT2D eigenvalue weighted by molar-refractivity contribution is 8.00. The lowest BCUT2D eigenvalue weighted by atomic mass is 9.92. The van der Waals surface area contributed by atoms with E-state index in [4.69, 9.17) is 0 Å². The number of halogens is 1. The zero-order valence-corrected chi connectivity index (χ0v) is 15.9. The Bertz CT molecular complexity index is 975. The minimum Gasteiger partial charge on any atom is -0.314 e. The maximum atomic E-state index is 14.4. The van der Waals surface area contributed by atoms with Crippen LogP contribution in [0.15, 0.2) is 78.9 Å². The lowest BCUT2D eigenvalue weighted by Crippen LogP contribution is -2.38. The van der Waals surface area contributed by atoms with Crippen molar-refractivity contribution < 1.29 is 9.18 Å². The van der Waals surface area contributed by atoms with Gasteiger partial charge in [-0.2, -0.15) is 0 Å². The molecule has 1 aliphatic rings. The Labute approximate surface area is 163 Å². The first-order valence-corrected chi connectivity index (χ1v) is 9.89. The molecule has 1 amide bonds. The van der Waals surface area contributed by atoms with E-state index in [1.807, 2.05) is 48.5 Å². The Kier molecular flexibility index (Phi) is 4.75. The quantitative estimate of drug-likeness (QED) is 0.611. The largest absolute Gasteiger partial charge is 0.314 e. The third kappa shape index (κ3) is 3.15. The SMILES string of the molecule is CN1C(=O)[C@@](Cc2ccccc2F)(SCc2ccccc2)c2ccccc21. The van der Waals surface area contributed by atoms with E-state index < -0.39 is 4.75 Å². The van der Waals surface area contributed by atoms with Crippen molar-refractivity contribution in [2.24, 2.45) is 0 Å². The molecule has 0 spiro atoms. The number of hydrogen-bond donors (Lipinski definition) is 0. The van der Waals surface area contributed by atoms with Gasteiger partial charge in [0.25, 0.3) is 0 Å². The van der Waals surface area contributed by atoms with Crippen LogP contribution in [0.4, 0.5) is 10.1 Å². The number of anilines is 1. The number of nitrogens with zero attached hydrogens (tertiary/aromatic N) is 1. The molecule has 1 heterocycles. The molecular weight excluding hydrogens is 357 g/mol. The molecule has 0 saturated carbocycles. The molecule has 1 atom stereocenters. The average molecular weight is 377 g/mol. The number of fused-ring (bicyclic) bond motifs is 1. The highest BCUT2D eigenvalue weighted by Crippen LogP contribution is 2.51. The monoisotopic (exact) mass is 377 g/mol. The molecule has 0 bridgehead atoms. The highest BCUT2D eigenvalue weighted by atomic mass is 32.2. The Morgan fingerprint density at radius 1 is 0.926 bits per heavy atom. The van der Waals surface area contributed by atoms with Crippen LogP contribution in [0.1, 0.15) is 16.7 Å². The van der Waals surface area contributed by atoms with Crippen molar-refractivity contribution in [3.8, 4) is 0 Å². The van der Waals surface area contributed by atoms with E-state index in [2.05, 4.69) is 12.1 Å². The van der Waals surface area contributed by atoms with Gasteiger partial charge in [0.15, 0.2) is 0 Å². The minimum atomic E-state index is -0.830. The van der Waals surface area contributed by atoms with E-state index in [1.54, 1.807) is 35.8 Å². The van der Waals surface area contributed by atoms with E-state index in [1.165, 1.54) is 6.07 Å². The molecule has 0 fully saturated rings. The van der Waals surface area contributed by atoms with Crippen LogP contribution in [0.25, 0.3) is 0 Å². The third-order valence-electron chi connectivity index (χ3n) is 5.08. The molecule has 136 valence electrons. The van der Waals surface area contributed by atoms with Crippen LogP contribution in [0.5, 0.6) is 0 Å². The molecule has 3 aromatic carbocycles. The molecule has 2 nitrogen and oxygen atoms in total. The van der Waals surface area contributed by atoms with Crippen LogP contribution in [-0.2, 0) is 21.7 Å². The van der Waals surface area contributed by atoms with Gasteiger partial charge in [0.2, 0.25) is 5.91 Å². The summed E-state index contributed by atoms with van der Waals surface area (Å²) >= 11 is 1.58. The van der Waals surface area contributed by atoms with Crippen molar-refractivity contribution in [3.63, 3.8) is 0 Å². The summed E-state index contributed by atoms with van der Waals surface area (Å²) in [5.74, 6) is 0.424. The molecular formula is C23H20FNOS. The first-order chi connectivity index (χ1) is 13.1. The van der Waals surface area contributed by atoms with Gasteiger partial charge >= 0.3 is 0 Å². The second-order valence-electron chi connectivity index (χ2n) is 6.75. The Morgan fingerprint density at radius 2 is 1.59 bits per heavy atom. The van der Waals surface area contributed by atoms with Gasteiger partial charge < -0.3 is 4.90 Å². The molecule has 0 aliphatic carbocycles. The van der Waals surface area contributed by atoms with E-state index in [0.29, 0.717) is 17.7 Å². The summed E-state index contributed by atoms with van der Waals surface area (Å²) in [7, 11) is 1.80. The molecule has 0 radical (unpaired) electrons. The first kappa shape index (κ1) is 17.8. The van der Waals surface area contributed by atoms with Gasteiger partial charge in [-0.1, -0.05) is 66.7 Å². The zero-order valence-electron chi connectivity index (χ0n) is 15.1. The molecule has 0 N–H and O–H groups in total. The van der Waals surface area contributed by atoms with Gasteiger partial charge in [0, 0.05) is 30.5 Å². The number of likely N-dealkylation sites (N-methyl/N-ethyl adjacent to an activating group) is 1. The first-order valence-electron chi connectivity index (χ1n) is 8.91. The van der Waals surface area contributed by atoms with Crippen molar-refractivity contribution in [3.05, 3.63) is 101 Å². The topological polar surface area (TPSA) is 20.3 Å². The zero-order chi connectivity index (χ0) is 18.9. The van der Waals surface area contributed by atoms with E-state index in [0.717, 1.165) is 16.8 Å². The fraction of sp³-hybridized carbons (Fsp3) is 0.174. The van der Waals surface area contributed by atoms with Crippen LogP contribution in [0.3, 0.4) is 0 Å². The molecule has 0 unspecified atom stereocenters. The number of thioether (sulfide) groups is 1. The molecule has 0 aromatic heterocycles. The molecule has 0 saturated heterocycles. The predicted octanol–water partition coefficient (Wildman–Crippen LogP) is 5.17. The summed E-state index contributed by atoms with van der Waals surface area (Å²) in [5, 5.41) is 0. The highest BCUT2D eigenvalue weighted by Gasteiger charge is 2.50. The van der Waals surface area contributed by atoms with E-state index in [-0.39, 0.29) is 11.7 Å². The van der Waals surface area contributed by atoms with Crippen molar-refractivity contribution >= 4 is 23.4 Å². The minimum absolute atomic E-state index is 0.00730. The van der Waals surface area contributed by atoms with Crippen LogP contribution in [0.2, 0.25) is 0 Å². The van der Waals surface area contributed by atoms with Gasteiger partial charge in [-0.05, 0) is 23.3 Å². The summed E-state index contributed by atoms with van der Waals surface area (Å²) in [6.45, 7) is 0. The number of rotatable bonds is 5. The van der Waals surface area contributed by atoms with Gasteiger partial charge in [-0.25, -0.2) is 4.39 Å². The number of carbonyl (C=O) groups excluding carboxylic acids is 1. The summed E-state index contributed by atoms with van der Waals surface area (Å²) in [6.07, 6.45) is 0.331. The van der Waals surface area contributed by atoms with Crippen LogP contribution in [-0.4, -0.2) is 13.0 Å². The Hall–Kier alpha value is -2.59. The molecule has 4 rings (SSSR count). The van der Waals surface area contributed by atoms with E-state index >= 15 is 0 Å². The molecule has 1 aliphatic heterocycles. The standard InChI is InChI=1S/C23H20FNOS/c1-25-21-14-8-6-12-19(21)23(22(25)26,15-18-11-5-7-13-20(18)24)27-16-17-9-3-2-4-10-17/h2-14H,15-16H2,1H3/t23-/m0/s1. The van der Waals surface area contributed by atoms with Gasteiger partial charge in [0.05, 0.1) is 0 Å². The molecule has 27 heavy (non-hydrogen) atoms. The van der Waals surface area contributed by atoms with Crippen molar-refractivity contribution in [2.45, 2.75) is 16.9 Å². The third-order valence-corrected chi connectivity index (χ3v) is 6.59. The number of hydrogen-bond acceptors (Lipinski definition) is 2. The lowest BCUT2D eigenvalue weighted by Gasteiger charge is -2.28. The smallest absolute Gasteiger partial charge is 0.247 e. The number of carbonyl (C=O) groups is 1. The van der Waals surface area contributed by atoms with Crippen molar-refractivity contribution in [2.75, 3.05) is 11.9 Å². The van der Waals surface area contributed by atoms with Gasteiger partial charge in [-0.3, -0.25) is 4.79 Å². The predicted molar refractivity (Wildman–Crippen MR) is 109 cm³/mol. The number of amides is 1. The second kappa shape index (κ2) is 7.20. The molecule has 4 heteroatoms. The van der Waals surface area contributed by atoms with Crippen LogP contribution >= 0.6 is 11.8 Å². The van der Waals surface area contributed by atoms with Crippen LogP contribution < -0.4 is 4.90 Å². The van der Waals surface area contributed by atoms with Crippen molar-refractivity contribution in [1.82, 2.24) is 0 Å². The van der Waals surface area contributed by atoms with E-state index in [9.17, 15) is 9.18 Å². The summed E-state index contributed by atoms with van der Waals surface area (Å²) in [6, 6.07) is 24.6.